The summed E-state index contributed by atoms with van der Waals surface area (Å²) in [7, 11) is 2.02. The molecular weight excluding hydrogens is 474 g/mol. The topological polar surface area (TPSA) is 70.6 Å². The van der Waals surface area contributed by atoms with Crippen molar-refractivity contribution in [2.75, 3.05) is 43.4 Å². The number of likely N-dealkylation sites (N-methyl/N-ethyl adjacent to an activating group) is 2. The molecular formula is C31H37N5O2. The number of carbonyl (C=O) groups is 1. The van der Waals surface area contributed by atoms with E-state index >= 15 is 0 Å². The largest absolute Gasteiger partial charge is 0.472 e. The van der Waals surface area contributed by atoms with Crippen molar-refractivity contribution in [3.8, 4) is 17.0 Å². The molecule has 0 unspecified atom stereocenters. The zero-order valence-electron chi connectivity index (χ0n) is 22.9. The summed E-state index contributed by atoms with van der Waals surface area (Å²) in [4.78, 5) is 27.1. The maximum Gasteiger partial charge on any atom is 0.258 e. The number of amides is 1. The standard InChI is InChI=1S/C31H37N5O2/c1-6-36(7-2)20-19-35(5)29-31(38-22(3)4)34-28-21-26(17-18-27(28)33-29)32-30(37)25-15-13-24(14-16-25)23-11-9-8-10-12-23/h8-18,21-22H,6-7,19-20H2,1-5H3,(H,32,37). The van der Waals surface area contributed by atoms with Gasteiger partial charge in [-0.3, -0.25) is 4.79 Å². The highest BCUT2D eigenvalue weighted by Gasteiger charge is 2.17. The van der Waals surface area contributed by atoms with Gasteiger partial charge in [0.05, 0.1) is 17.1 Å². The summed E-state index contributed by atoms with van der Waals surface area (Å²) in [6, 6.07) is 23.3. The number of nitrogens with one attached hydrogen (secondary N) is 1. The van der Waals surface area contributed by atoms with Gasteiger partial charge in [0, 0.05) is 31.4 Å². The lowest BCUT2D eigenvalue weighted by molar-refractivity contribution is 0.102. The van der Waals surface area contributed by atoms with Gasteiger partial charge in [0.15, 0.2) is 5.82 Å². The lowest BCUT2D eigenvalue weighted by Gasteiger charge is -2.25. The van der Waals surface area contributed by atoms with Gasteiger partial charge in [-0.1, -0.05) is 56.3 Å². The van der Waals surface area contributed by atoms with Crippen LogP contribution in [-0.2, 0) is 0 Å². The summed E-state index contributed by atoms with van der Waals surface area (Å²) in [5, 5.41) is 2.99. The van der Waals surface area contributed by atoms with E-state index in [9.17, 15) is 4.79 Å². The van der Waals surface area contributed by atoms with Gasteiger partial charge in [0.1, 0.15) is 0 Å². The van der Waals surface area contributed by atoms with Crippen LogP contribution < -0.4 is 15.0 Å². The van der Waals surface area contributed by atoms with E-state index < -0.39 is 0 Å². The number of benzene rings is 3. The fourth-order valence-electron chi connectivity index (χ4n) is 4.24. The van der Waals surface area contributed by atoms with Crippen LogP contribution in [0.4, 0.5) is 11.5 Å². The van der Waals surface area contributed by atoms with E-state index in [1.165, 1.54) is 0 Å². The Labute approximate surface area is 225 Å². The van der Waals surface area contributed by atoms with Crippen molar-refractivity contribution in [1.29, 1.82) is 0 Å². The van der Waals surface area contributed by atoms with Crippen molar-refractivity contribution in [1.82, 2.24) is 14.9 Å². The van der Waals surface area contributed by atoms with Crippen LogP contribution in [0.1, 0.15) is 38.1 Å². The minimum atomic E-state index is -0.177. The third-order valence-electron chi connectivity index (χ3n) is 6.48. The van der Waals surface area contributed by atoms with Crippen LogP contribution in [0.2, 0.25) is 0 Å². The van der Waals surface area contributed by atoms with E-state index in [1.54, 1.807) is 0 Å². The molecule has 0 aliphatic carbocycles. The van der Waals surface area contributed by atoms with E-state index in [0.717, 1.165) is 42.8 Å². The van der Waals surface area contributed by atoms with Gasteiger partial charge in [-0.2, -0.15) is 0 Å². The highest BCUT2D eigenvalue weighted by Crippen LogP contribution is 2.29. The van der Waals surface area contributed by atoms with Crippen molar-refractivity contribution < 1.29 is 9.53 Å². The number of carbonyl (C=O) groups excluding carboxylic acids is 1. The fraction of sp³-hybridized carbons (Fsp3) is 0.323. The lowest BCUT2D eigenvalue weighted by atomic mass is 10.0. The first kappa shape index (κ1) is 27.1. The molecule has 0 saturated carbocycles. The average molecular weight is 512 g/mol. The molecule has 4 aromatic rings. The van der Waals surface area contributed by atoms with Gasteiger partial charge in [-0.05, 0) is 68.4 Å². The molecule has 4 rings (SSSR count). The smallest absolute Gasteiger partial charge is 0.258 e. The first-order chi connectivity index (χ1) is 18.4. The first-order valence-electron chi connectivity index (χ1n) is 13.3. The van der Waals surface area contributed by atoms with Gasteiger partial charge in [0.25, 0.3) is 11.8 Å². The molecule has 198 valence electrons. The minimum absolute atomic E-state index is 0.0431. The highest BCUT2D eigenvalue weighted by molar-refractivity contribution is 6.05. The van der Waals surface area contributed by atoms with E-state index in [0.29, 0.717) is 28.5 Å². The van der Waals surface area contributed by atoms with E-state index in [4.69, 9.17) is 14.7 Å². The number of hydrogen-bond donors (Lipinski definition) is 1. The third-order valence-corrected chi connectivity index (χ3v) is 6.48. The number of hydrogen-bond acceptors (Lipinski definition) is 6. The predicted molar refractivity (Wildman–Crippen MR) is 156 cm³/mol. The zero-order chi connectivity index (χ0) is 27.1. The van der Waals surface area contributed by atoms with Gasteiger partial charge >= 0.3 is 0 Å². The maximum absolute atomic E-state index is 12.9. The monoisotopic (exact) mass is 511 g/mol. The Morgan fingerprint density at radius 1 is 0.868 bits per heavy atom. The fourth-order valence-corrected chi connectivity index (χ4v) is 4.24. The van der Waals surface area contributed by atoms with Crippen molar-refractivity contribution in [2.24, 2.45) is 0 Å². The molecule has 0 radical (unpaired) electrons. The molecule has 1 aromatic heterocycles. The lowest BCUT2D eigenvalue weighted by Crippen LogP contribution is -2.33. The Hall–Kier alpha value is -3.97. The van der Waals surface area contributed by atoms with Crippen molar-refractivity contribution >= 4 is 28.4 Å². The van der Waals surface area contributed by atoms with Gasteiger partial charge < -0.3 is 19.9 Å². The zero-order valence-corrected chi connectivity index (χ0v) is 22.9. The molecule has 38 heavy (non-hydrogen) atoms. The predicted octanol–water partition coefficient (Wildman–Crippen LogP) is 6.11. The summed E-state index contributed by atoms with van der Waals surface area (Å²) in [5.74, 6) is 1.03. The molecule has 1 heterocycles. The summed E-state index contributed by atoms with van der Waals surface area (Å²) in [6.45, 7) is 12.1. The number of fused-ring (bicyclic) bond motifs is 1. The van der Waals surface area contributed by atoms with Crippen LogP contribution in [0.15, 0.2) is 72.8 Å². The minimum Gasteiger partial charge on any atom is -0.472 e. The summed E-state index contributed by atoms with van der Waals surface area (Å²) >= 11 is 0. The number of ether oxygens (including phenoxy) is 1. The Bertz CT molecular complexity index is 1350. The van der Waals surface area contributed by atoms with E-state index in [2.05, 4.69) is 41.1 Å². The summed E-state index contributed by atoms with van der Waals surface area (Å²) in [5.41, 5.74) is 4.84. The van der Waals surface area contributed by atoms with Crippen molar-refractivity contribution in [3.05, 3.63) is 78.4 Å². The van der Waals surface area contributed by atoms with Crippen LogP contribution in [0.5, 0.6) is 5.88 Å². The number of rotatable bonds is 11. The van der Waals surface area contributed by atoms with Crippen LogP contribution in [0.3, 0.4) is 0 Å². The van der Waals surface area contributed by atoms with Gasteiger partial charge in [-0.15, -0.1) is 0 Å². The first-order valence-corrected chi connectivity index (χ1v) is 13.3. The summed E-state index contributed by atoms with van der Waals surface area (Å²) < 4.78 is 6.06. The molecule has 3 aromatic carbocycles. The normalized spacial score (nSPS) is 11.2. The molecule has 0 spiro atoms. The second-order valence-corrected chi connectivity index (χ2v) is 9.57. The Morgan fingerprint density at radius 3 is 2.21 bits per heavy atom. The molecule has 0 atom stereocenters. The second kappa shape index (κ2) is 12.5. The third kappa shape index (κ3) is 6.66. The Balaban J connectivity index is 1.53. The second-order valence-electron chi connectivity index (χ2n) is 9.57. The van der Waals surface area contributed by atoms with Crippen LogP contribution in [0.25, 0.3) is 22.2 Å². The van der Waals surface area contributed by atoms with Crippen LogP contribution >= 0.6 is 0 Å². The highest BCUT2D eigenvalue weighted by atomic mass is 16.5. The number of nitrogens with zero attached hydrogens (tertiary/aromatic N) is 4. The summed E-state index contributed by atoms with van der Waals surface area (Å²) in [6.07, 6.45) is -0.0431. The molecule has 1 N–H and O–H groups in total. The van der Waals surface area contributed by atoms with E-state index in [-0.39, 0.29) is 12.0 Å². The molecule has 7 nitrogen and oxygen atoms in total. The molecule has 0 fully saturated rings. The molecule has 1 amide bonds. The number of aromatic nitrogens is 2. The van der Waals surface area contributed by atoms with Crippen LogP contribution in [-0.4, -0.2) is 60.1 Å². The van der Waals surface area contributed by atoms with Gasteiger partial charge in [0.2, 0.25) is 0 Å². The molecule has 0 bridgehead atoms. The van der Waals surface area contributed by atoms with Crippen molar-refractivity contribution in [2.45, 2.75) is 33.8 Å². The molecule has 0 aliphatic heterocycles. The Kier molecular flexibility index (Phi) is 8.92. The maximum atomic E-state index is 12.9. The Morgan fingerprint density at radius 2 is 1.55 bits per heavy atom. The van der Waals surface area contributed by atoms with Crippen LogP contribution in [0, 0.1) is 0 Å². The van der Waals surface area contributed by atoms with E-state index in [1.807, 2.05) is 81.6 Å². The average Bonchev–Trinajstić information content (AvgIpc) is 2.93. The molecule has 0 aliphatic rings. The molecule has 0 saturated heterocycles. The molecule has 7 heteroatoms. The van der Waals surface area contributed by atoms with Gasteiger partial charge in [-0.25, -0.2) is 9.97 Å². The quantitative estimate of drug-likeness (QED) is 0.262. The number of anilines is 2. The van der Waals surface area contributed by atoms with Crippen molar-refractivity contribution in [3.63, 3.8) is 0 Å². The SMILES string of the molecule is CCN(CC)CCN(C)c1nc2ccc(NC(=O)c3ccc(-c4ccccc4)cc3)cc2nc1OC(C)C.